The van der Waals surface area contributed by atoms with Gasteiger partial charge in [-0.05, 0) is 41.7 Å². The molecule has 1 unspecified atom stereocenters. The van der Waals surface area contributed by atoms with Crippen molar-refractivity contribution in [1.29, 1.82) is 0 Å². The summed E-state index contributed by atoms with van der Waals surface area (Å²) in [5.74, 6) is -0.879. The third-order valence-electron chi connectivity index (χ3n) is 4.63. The van der Waals surface area contributed by atoms with Gasteiger partial charge in [-0.2, -0.15) is 0 Å². The van der Waals surface area contributed by atoms with E-state index in [0.717, 1.165) is 16.7 Å². The van der Waals surface area contributed by atoms with Crippen LogP contribution in [0.15, 0.2) is 78.9 Å². The van der Waals surface area contributed by atoms with Crippen LogP contribution in [-0.4, -0.2) is 17.0 Å². The first-order valence-electron chi connectivity index (χ1n) is 9.41. The number of ether oxygens (including phenoxy) is 1. The van der Waals surface area contributed by atoms with Crippen LogP contribution in [-0.2, 0) is 22.4 Å². The van der Waals surface area contributed by atoms with Gasteiger partial charge in [0.2, 0.25) is 6.10 Å². The Morgan fingerprint density at radius 3 is 2.17 bits per heavy atom. The standard InChI is InChI=1S/C24H23NO4/c25-24(28)23(29-21-9-5-2-6-10-21)19-12-11-18(13-14-22(26)27)20(16-19)15-17-7-3-1-4-8-17/h1-12,16,23H,13-15H2,(H2,25,28)(H,26,27). The van der Waals surface area contributed by atoms with Gasteiger partial charge < -0.3 is 15.6 Å². The van der Waals surface area contributed by atoms with Crippen LogP contribution in [0.3, 0.4) is 0 Å². The number of carboxylic acids is 1. The Labute approximate surface area is 169 Å². The van der Waals surface area contributed by atoms with E-state index in [9.17, 15) is 9.59 Å². The average Bonchev–Trinajstić information content (AvgIpc) is 2.72. The van der Waals surface area contributed by atoms with Crippen LogP contribution >= 0.6 is 0 Å². The van der Waals surface area contributed by atoms with E-state index >= 15 is 0 Å². The van der Waals surface area contributed by atoms with Crippen molar-refractivity contribution >= 4 is 11.9 Å². The maximum atomic E-state index is 12.1. The maximum absolute atomic E-state index is 12.1. The molecule has 1 atom stereocenters. The summed E-state index contributed by atoms with van der Waals surface area (Å²) in [5, 5.41) is 9.05. The quantitative estimate of drug-likeness (QED) is 0.581. The highest BCUT2D eigenvalue weighted by molar-refractivity contribution is 5.81. The van der Waals surface area contributed by atoms with Crippen LogP contribution in [0.5, 0.6) is 5.75 Å². The average molecular weight is 389 g/mol. The minimum absolute atomic E-state index is 0.0426. The number of carbonyl (C=O) groups excluding carboxylic acids is 1. The molecule has 0 radical (unpaired) electrons. The highest BCUT2D eigenvalue weighted by Crippen LogP contribution is 2.26. The van der Waals surface area contributed by atoms with Crippen molar-refractivity contribution in [3.63, 3.8) is 0 Å². The molecule has 0 saturated carbocycles. The van der Waals surface area contributed by atoms with E-state index in [1.807, 2.05) is 60.7 Å². The molecular formula is C24H23NO4. The van der Waals surface area contributed by atoms with E-state index < -0.39 is 18.0 Å². The maximum Gasteiger partial charge on any atom is 0.303 e. The molecule has 0 fully saturated rings. The summed E-state index contributed by atoms with van der Waals surface area (Å²) in [6.45, 7) is 0. The predicted octanol–water partition coefficient (Wildman–Crippen LogP) is 3.90. The normalized spacial score (nSPS) is 11.6. The smallest absolute Gasteiger partial charge is 0.303 e. The first-order valence-corrected chi connectivity index (χ1v) is 9.41. The Morgan fingerprint density at radius 1 is 0.897 bits per heavy atom. The molecule has 3 aromatic rings. The Morgan fingerprint density at radius 2 is 1.55 bits per heavy atom. The number of primary amides is 1. The highest BCUT2D eigenvalue weighted by atomic mass is 16.5. The number of para-hydroxylation sites is 1. The summed E-state index contributed by atoms with van der Waals surface area (Å²) < 4.78 is 5.84. The SMILES string of the molecule is NC(=O)C(Oc1ccccc1)c1ccc(CCC(=O)O)c(Cc2ccccc2)c1. The minimum Gasteiger partial charge on any atom is -0.481 e. The van der Waals surface area contributed by atoms with Gasteiger partial charge in [0.25, 0.3) is 5.91 Å². The molecule has 0 aliphatic heterocycles. The number of carbonyl (C=O) groups is 2. The molecule has 0 bridgehead atoms. The van der Waals surface area contributed by atoms with Gasteiger partial charge in [-0.15, -0.1) is 0 Å². The van der Waals surface area contributed by atoms with Crippen LogP contribution in [0.25, 0.3) is 0 Å². The number of aryl methyl sites for hydroxylation is 1. The lowest BCUT2D eigenvalue weighted by Gasteiger charge is -2.19. The predicted molar refractivity (Wildman–Crippen MR) is 111 cm³/mol. The van der Waals surface area contributed by atoms with E-state index in [-0.39, 0.29) is 6.42 Å². The summed E-state index contributed by atoms with van der Waals surface area (Å²) >= 11 is 0. The second-order valence-electron chi connectivity index (χ2n) is 6.80. The van der Waals surface area contributed by atoms with E-state index in [2.05, 4.69) is 0 Å². The molecule has 148 valence electrons. The van der Waals surface area contributed by atoms with Gasteiger partial charge in [-0.1, -0.05) is 66.7 Å². The molecule has 0 heterocycles. The fourth-order valence-electron chi connectivity index (χ4n) is 3.20. The molecule has 1 amide bonds. The van der Waals surface area contributed by atoms with Gasteiger partial charge in [0, 0.05) is 12.0 Å². The summed E-state index contributed by atoms with van der Waals surface area (Å²) in [6.07, 6.45) is 0.153. The first kappa shape index (κ1) is 20.1. The fraction of sp³-hybridized carbons (Fsp3) is 0.167. The minimum atomic E-state index is -0.930. The third kappa shape index (κ3) is 5.69. The van der Waals surface area contributed by atoms with Gasteiger partial charge >= 0.3 is 5.97 Å². The monoisotopic (exact) mass is 389 g/mol. The number of rotatable bonds is 9. The number of benzene rings is 3. The number of aliphatic carboxylic acids is 1. The highest BCUT2D eigenvalue weighted by Gasteiger charge is 2.21. The third-order valence-corrected chi connectivity index (χ3v) is 4.63. The van der Waals surface area contributed by atoms with E-state index in [0.29, 0.717) is 24.2 Å². The van der Waals surface area contributed by atoms with Crippen molar-refractivity contribution in [1.82, 2.24) is 0 Å². The molecule has 29 heavy (non-hydrogen) atoms. The van der Waals surface area contributed by atoms with Crippen molar-refractivity contribution < 1.29 is 19.4 Å². The Balaban J connectivity index is 1.93. The number of amides is 1. The molecule has 5 heteroatoms. The Bertz CT molecular complexity index is 971. The lowest BCUT2D eigenvalue weighted by atomic mass is 9.93. The molecule has 5 nitrogen and oxygen atoms in total. The number of nitrogens with two attached hydrogens (primary N) is 1. The topological polar surface area (TPSA) is 89.6 Å². The van der Waals surface area contributed by atoms with Gasteiger partial charge in [0.1, 0.15) is 5.75 Å². The number of hydrogen-bond donors (Lipinski definition) is 2. The lowest BCUT2D eigenvalue weighted by molar-refractivity contribution is -0.137. The molecule has 3 rings (SSSR count). The Kier molecular flexibility index (Phi) is 6.63. The summed E-state index contributed by atoms with van der Waals surface area (Å²) in [5.41, 5.74) is 9.25. The summed E-state index contributed by atoms with van der Waals surface area (Å²) in [4.78, 5) is 23.1. The van der Waals surface area contributed by atoms with Crippen LogP contribution in [0.1, 0.15) is 34.8 Å². The van der Waals surface area contributed by atoms with Gasteiger partial charge in [0.15, 0.2) is 0 Å². The molecular weight excluding hydrogens is 366 g/mol. The van der Waals surface area contributed by atoms with E-state index in [1.165, 1.54) is 0 Å². The van der Waals surface area contributed by atoms with Gasteiger partial charge in [0.05, 0.1) is 0 Å². The number of carboxylic acid groups (broad SMARTS) is 1. The number of hydrogen-bond acceptors (Lipinski definition) is 3. The van der Waals surface area contributed by atoms with Crippen LogP contribution in [0.4, 0.5) is 0 Å². The van der Waals surface area contributed by atoms with E-state index in [1.54, 1.807) is 18.2 Å². The van der Waals surface area contributed by atoms with Crippen molar-refractivity contribution in [2.24, 2.45) is 5.73 Å². The molecule has 0 aromatic heterocycles. The first-order chi connectivity index (χ1) is 14.0. The molecule has 0 saturated heterocycles. The van der Waals surface area contributed by atoms with Crippen molar-refractivity contribution in [2.45, 2.75) is 25.4 Å². The zero-order chi connectivity index (χ0) is 20.6. The van der Waals surface area contributed by atoms with Gasteiger partial charge in [-0.25, -0.2) is 0 Å². The van der Waals surface area contributed by atoms with Crippen LogP contribution in [0, 0.1) is 0 Å². The molecule has 3 N–H and O–H groups in total. The Hall–Kier alpha value is -3.60. The van der Waals surface area contributed by atoms with E-state index in [4.69, 9.17) is 15.6 Å². The van der Waals surface area contributed by atoms with Crippen molar-refractivity contribution in [3.05, 3.63) is 101 Å². The van der Waals surface area contributed by atoms with Gasteiger partial charge in [-0.3, -0.25) is 9.59 Å². The van der Waals surface area contributed by atoms with Crippen LogP contribution in [0.2, 0.25) is 0 Å². The van der Waals surface area contributed by atoms with Crippen LogP contribution < -0.4 is 10.5 Å². The molecule has 0 spiro atoms. The second-order valence-corrected chi connectivity index (χ2v) is 6.80. The van der Waals surface area contributed by atoms with Crippen molar-refractivity contribution in [3.8, 4) is 5.75 Å². The second kappa shape index (κ2) is 9.55. The molecule has 0 aliphatic rings. The summed E-state index contributed by atoms with van der Waals surface area (Å²) in [7, 11) is 0. The fourth-order valence-corrected chi connectivity index (χ4v) is 3.20. The largest absolute Gasteiger partial charge is 0.481 e. The lowest BCUT2D eigenvalue weighted by Crippen LogP contribution is -2.26. The zero-order valence-corrected chi connectivity index (χ0v) is 16.0. The summed E-state index contributed by atoms with van der Waals surface area (Å²) in [6, 6.07) is 24.5. The van der Waals surface area contributed by atoms with Crippen molar-refractivity contribution in [2.75, 3.05) is 0 Å². The molecule has 3 aromatic carbocycles. The zero-order valence-electron chi connectivity index (χ0n) is 16.0. The molecule has 0 aliphatic carbocycles.